The van der Waals surface area contributed by atoms with E-state index in [4.69, 9.17) is 9.15 Å². The van der Waals surface area contributed by atoms with Crippen LogP contribution in [0.3, 0.4) is 0 Å². The van der Waals surface area contributed by atoms with Gasteiger partial charge in [0.15, 0.2) is 5.76 Å². The van der Waals surface area contributed by atoms with Gasteiger partial charge in [-0.2, -0.15) is 0 Å². The van der Waals surface area contributed by atoms with E-state index in [9.17, 15) is 9.59 Å². The Morgan fingerprint density at radius 3 is 2.63 bits per heavy atom. The molecule has 6 heteroatoms. The minimum absolute atomic E-state index is 0.0846. The van der Waals surface area contributed by atoms with E-state index in [0.717, 1.165) is 6.42 Å². The number of cyclic esters (lactones) is 1. The first-order chi connectivity index (χ1) is 9.25. The van der Waals surface area contributed by atoms with E-state index in [1.54, 1.807) is 17.0 Å². The van der Waals surface area contributed by atoms with Gasteiger partial charge in [0.25, 0.3) is 5.91 Å². The minimum atomic E-state index is -0.134. The Hall–Kier alpha value is -1.82. The number of piperazine rings is 1. The maximum absolute atomic E-state index is 12.1. The summed E-state index contributed by atoms with van der Waals surface area (Å²) >= 11 is 0. The average molecular weight is 264 g/mol. The average Bonchev–Trinajstić information content (AvgIpc) is 3.09. The Kier molecular flexibility index (Phi) is 3.25. The van der Waals surface area contributed by atoms with Crippen LogP contribution in [0.15, 0.2) is 22.8 Å². The van der Waals surface area contributed by atoms with E-state index in [0.29, 0.717) is 38.5 Å². The van der Waals surface area contributed by atoms with E-state index in [1.165, 1.54) is 6.26 Å². The highest BCUT2D eigenvalue weighted by Crippen LogP contribution is 2.17. The number of ether oxygens (including phenoxy) is 1. The largest absolute Gasteiger partial charge is 0.464 e. The molecule has 1 aromatic rings. The highest BCUT2D eigenvalue weighted by Gasteiger charge is 2.35. The van der Waals surface area contributed by atoms with Crippen LogP contribution in [0.1, 0.15) is 17.0 Å². The number of hydrogen-bond acceptors (Lipinski definition) is 5. The summed E-state index contributed by atoms with van der Waals surface area (Å²) in [7, 11) is 0. The molecule has 0 bridgehead atoms. The molecule has 2 aliphatic heterocycles. The van der Waals surface area contributed by atoms with Crippen molar-refractivity contribution in [3.05, 3.63) is 24.2 Å². The van der Waals surface area contributed by atoms with Crippen LogP contribution in [-0.2, 0) is 9.53 Å². The van der Waals surface area contributed by atoms with Crippen LogP contribution in [0.2, 0.25) is 0 Å². The van der Waals surface area contributed by atoms with Crippen LogP contribution in [0.25, 0.3) is 0 Å². The number of rotatable bonds is 2. The van der Waals surface area contributed by atoms with Crippen molar-refractivity contribution < 1.29 is 18.7 Å². The quantitative estimate of drug-likeness (QED) is 0.721. The number of nitrogens with zero attached hydrogens (tertiary/aromatic N) is 2. The molecule has 0 radical (unpaired) electrons. The van der Waals surface area contributed by atoms with Crippen LogP contribution in [0, 0.1) is 0 Å². The maximum atomic E-state index is 12.1. The number of esters is 1. The van der Waals surface area contributed by atoms with Crippen LogP contribution in [0.4, 0.5) is 0 Å². The molecule has 3 rings (SSSR count). The van der Waals surface area contributed by atoms with Gasteiger partial charge >= 0.3 is 5.97 Å². The Morgan fingerprint density at radius 2 is 2.05 bits per heavy atom. The van der Waals surface area contributed by atoms with Gasteiger partial charge in [0.05, 0.1) is 12.9 Å². The first-order valence-corrected chi connectivity index (χ1v) is 6.49. The minimum Gasteiger partial charge on any atom is -0.464 e. The molecule has 102 valence electrons. The van der Waals surface area contributed by atoms with Crippen molar-refractivity contribution in [2.45, 2.75) is 12.5 Å². The van der Waals surface area contributed by atoms with Crippen molar-refractivity contribution in [1.82, 2.24) is 9.80 Å². The Bertz CT molecular complexity index is 463. The van der Waals surface area contributed by atoms with Crippen molar-refractivity contribution in [2.24, 2.45) is 0 Å². The lowest BCUT2D eigenvalue weighted by Crippen LogP contribution is -2.53. The number of carbonyl (C=O) groups excluding carboxylic acids is 2. The zero-order valence-electron chi connectivity index (χ0n) is 10.6. The monoisotopic (exact) mass is 264 g/mol. The van der Waals surface area contributed by atoms with Gasteiger partial charge in [0.1, 0.15) is 6.04 Å². The smallest absolute Gasteiger partial charge is 0.323 e. The lowest BCUT2D eigenvalue weighted by Gasteiger charge is -2.36. The maximum Gasteiger partial charge on any atom is 0.323 e. The number of amides is 1. The molecule has 0 spiro atoms. The second-order valence-electron chi connectivity index (χ2n) is 4.78. The van der Waals surface area contributed by atoms with Gasteiger partial charge in [-0.3, -0.25) is 14.5 Å². The summed E-state index contributed by atoms with van der Waals surface area (Å²) in [4.78, 5) is 27.4. The lowest BCUT2D eigenvalue weighted by atomic mass is 10.2. The molecule has 3 heterocycles. The summed E-state index contributed by atoms with van der Waals surface area (Å²) in [6, 6.07) is 3.25. The van der Waals surface area contributed by atoms with Crippen molar-refractivity contribution >= 4 is 11.9 Å². The van der Waals surface area contributed by atoms with E-state index in [1.807, 2.05) is 0 Å². The molecule has 0 N–H and O–H groups in total. The molecule has 1 atom stereocenters. The van der Waals surface area contributed by atoms with E-state index in [2.05, 4.69) is 4.90 Å². The Labute approximate surface area is 110 Å². The summed E-state index contributed by atoms with van der Waals surface area (Å²) < 4.78 is 10.1. The van der Waals surface area contributed by atoms with E-state index in [-0.39, 0.29) is 17.9 Å². The SMILES string of the molecule is O=C1OCCC1N1CCN(C(=O)c2ccco2)CC1. The fourth-order valence-corrected chi connectivity index (χ4v) is 2.61. The molecular formula is C13H16N2O4. The molecule has 2 fully saturated rings. The predicted molar refractivity (Wildman–Crippen MR) is 65.5 cm³/mol. The molecule has 0 aliphatic carbocycles. The first kappa shape index (κ1) is 12.2. The van der Waals surface area contributed by atoms with Gasteiger partial charge in [-0.05, 0) is 12.1 Å². The van der Waals surface area contributed by atoms with Crippen LogP contribution in [-0.4, -0.2) is 60.5 Å². The third-order valence-corrected chi connectivity index (χ3v) is 3.68. The Morgan fingerprint density at radius 1 is 1.26 bits per heavy atom. The molecule has 1 unspecified atom stereocenters. The van der Waals surface area contributed by atoms with E-state index >= 15 is 0 Å². The third-order valence-electron chi connectivity index (χ3n) is 3.68. The fourth-order valence-electron chi connectivity index (χ4n) is 2.61. The molecule has 0 aromatic carbocycles. The molecule has 2 saturated heterocycles. The summed E-state index contributed by atoms with van der Waals surface area (Å²) in [5.41, 5.74) is 0. The molecule has 1 aromatic heterocycles. The number of carbonyl (C=O) groups is 2. The highest BCUT2D eigenvalue weighted by molar-refractivity contribution is 5.91. The highest BCUT2D eigenvalue weighted by atomic mass is 16.5. The zero-order chi connectivity index (χ0) is 13.2. The second-order valence-corrected chi connectivity index (χ2v) is 4.78. The van der Waals surface area contributed by atoms with Gasteiger partial charge in [-0.25, -0.2) is 0 Å². The second kappa shape index (κ2) is 5.05. The van der Waals surface area contributed by atoms with E-state index < -0.39 is 0 Å². The van der Waals surface area contributed by atoms with Crippen molar-refractivity contribution in [2.75, 3.05) is 32.8 Å². The van der Waals surface area contributed by atoms with Crippen LogP contribution >= 0.6 is 0 Å². The molecule has 0 saturated carbocycles. The predicted octanol–water partition coefficient (Wildman–Crippen LogP) is 0.353. The van der Waals surface area contributed by atoms with Gasteiger partial charge < -0.3 is 14.1 Å². The summed E-state index contributed by atoms with van der Waals surface area (Å²) in [6.45, 7) is 3.14. The molecular weight excluding hydrogens is 248 g/mol. The van der Waals surface area contributed by atoms with Crippen molar-refractivity contribution in [3.8, 4) is 0 Å². The number of hydrogen-bond donors (Lipinski definition) is 0. The molecule has 19 heavy (non-hydrogen) atoms. The van der Waals surface area contributed by atoms with Gasteiger partial charge in [0.2, 0.25) is 0 Å². The standard InChI is InChI=1S/C13H16N2O4/c16-12(11-2-1-8-18-11)15-6-4-14(5-7-15)10-3-9-19-13(10)17/h1-2,8,10H,3-7,9H2. The molecule has 1 amide bonds. The molecule has 2 aliphatic rings. The van der Waals surface area contributed by atoms with Crippen LogP contribution < -0.4 is 0 Å². The first-order valence-electron chi connectivity index (χ1n) is 6.49. The normalized spacial score (nSPS) is 24.5. The van der Waals surface area contributed by atoms with Gasteiger partial charge in [-0.1, -0.05) is 0 Å². The lowest BCUT2D eigenvalue weighted by molar-refractivity contribution is -0.142. The summed E-state index contributed by atoms with van der Waals surface area (Å²) in [5.74, 6) is 0.151. The van der Waals surface area contributed by atoms with Gasteiger partial charge in [-0.15, -0.1) is 0 Å². The summed E-state index contributed by atoms with van der Waals surface area (Å²) in [5, 5.41) is 0. The topological polar surface area (TPSA) is 63.0 Å². The fraction of sp³-hybridized carbons (Fsp3) is 0.538. The van der Waals surface area contributed by atoms with Crippen molar-refractivity contribution in [1.29, 1.82) is 0 Å². The van der Waals surface area contributed by atoms with Crippen molar-refractivity contribution in [3.63, 3.8) is 0 Å². The van der Waals surface area contributed by atoms with Crippen LogP contribution in [0.5, 0.6) is 0 Å². The van der Waals surface area contributed by atoms with Gasteiger partial charge in [0, 0.05) is 32.6 Å². The zero-order valence-corrected chi connectivity index (χ0v) is 10.6. The summed E-state index contributed by atoms with van der Waals surface area (Å²) in [6.07, 6.45) is 2.25. The third kappa shape index (κ3) is 2.35. The number of furan rings is 1. The Balaban J connectivity index is 1.57. The molecule has 6 nitrogen and oxygen atoms in total.